The molecule has 0 bridgehead atoms. The van der Waals surface area contributed by atoms with Crippen LogP contribution in [-0.4, -0.2) is 27.3 Å². The van der Waals surface area contributed by atoms with Gasteiger partial charge in [0.05, 0.1) is 5.75 Å². The smallest absolute Gasteiger partial charge is 0.313 e. The highest BCUT2D eigenvalue weighted by Crippen LogP contribution is 2.42. The molecule has 1 aliphatic carbocycles. The number of carboxylic acids is 1. The lowest BCUT2D eigenvalue weighted by Crippen LogP contribution is -2.18. The second kappa shape index (κ2) is 7.96. The van der Waals surface area contributed by atoms with Crippen LogP contribution in [0.5, 0.6) is 0 Å². The van der Waals surface area contributed by atoms with Crippen molar-refractivity contribution in [1.82, 2.24) is 0 Å². The quantitative estimate of drug-likeness (QED) is 0.668. The number of aliphatic carboxylic acids is 1. The Kier molecular flexibility index (Phi) is 6.59. The molecule has 2 nitrogen and oxygen atoms in total. The second-order valence-electron chi connectivity index (χ2n) is 9.08. The fourth-order valence-corrected chi connectivity index (χ4v) is 5.86. The fourth-order valence-electron chi connectivity index (χ4n) is 3.10. The van der Waals surface area contributed by atoms with E-state index in [1.54, 1.807) is 11.8 Å². The lowest BCUT2D eigenvalue weighted by atomic mass is 9.81. The summed E-state index contributed by atoms with van der Waals surface area (Å²) in [5, 5.41) is 9.95. The maximum Gasteiger partial charge on any atom is 0.313 e. The molecule has 0 saturated heterocycles. The summed E-state index contributed by atoms with van der Waals surface area (Å²) >= 11 is 3.58. The first-order valence-corrected chi connectivity index (χ1v) is 11.1. The summed E-state index contributed by atoms with van der Waals surface area (Å²) in [4.78, 5) is 12.2. The second-order valence-corrected chi connectivity index (χ2v) is 11.6. The number of carbonyl (C=O) groups is 1. The van der Waals surface area contributed by atoms with E-state index in [-0.39, 0.29) is 16.6 Å². The molecule has 0 spiro atoms. The molecule has 2 atom stereocenters. The summed E-state index contributed by atoms with van der Waals surface area (Å²) in [6.07, 6.45) is 3.54. The highest BCUT2D eigenvalue weighted by Gasteiger charge is 2.30. The van der Waals surface area contributed by atoms with Crippen LogP contribution in [0.3, 0.4) is 0 Å². The molecule has 25 heavy (non-hydrogen) atoms. The molecular weight excluding hydrogens is 348 g/mol. The average Bonchev–Trinajstić information content (AvgIpc) is 2.90. The van der Waals surface area contributed by atoms with Crippen LogP contribution in [-0.2, 0) is 15.6 Å². The summed E-state index contributed by atoms with van der Waals surface area (Å²) in [7, 11) is 0. The molecule has 1 saturated carbocycles. The van der Waals surface area contributed by atoms with Crippen LogP contribution in [0.1, 0.15) is 71.9 Å². The lowest BCUT2D eigenvalue weighted by molar-refractivity contribution is -0.133. The zero-order chi connectivity index (χ0) is 18.8. The van der Waals surface area contributed by atoms with Crippen molar-refractivity contribution in [1.29, 1.82) is 0 Å². The summed E-state index contributed by atoms with van der Waals surface area (Å²) in [5.41, 5.74) is 3.03. The average molecular weight is 381 g/mol. The van der Waals surface area contributed by atoms with Gasteiger partial charge in [0.25, 0.3) is 0 Å². The van der Waals surface area contributed by atoms with Crippen molar-refractivity contribution in [3.05, 3.63) is 29.3 Å². The highest BCUT2D eigenvalue weighted by atomic mass is 32.2. The monoisotopic (exact) mass is 380 g/mol. The molecule has 0 amide bonds. The van der Waals surface area contributed by atoms with Crippen LogP contribution in [0, 0.1) is 0 Å². The van der Waals surface area contributed by atoms with Crippen molar-refractivity contribution < 1.29 is 9.90 Å². The maximum atomic E-state index is 10.9. The van der Waals surface area contributed by atoms with Crippen LogP contribution in [0.25, 0.3) is 0 Å². The number of hydrogen-bond donors (Lipinski definition) is 1. The fraction of sp³-hybridized carbons (Fsp3) is 0.667. The highest BCUT2D eigenvalue weighted by molar-refractivity contribution is 8.04. The molecule has 1 N–H and O–H groups in total. The van der Waals surface area contributed by atoms with Gasteiger partial charge in [-0.1, -0.05) is 54.0 Å². The van der Waals surface area contributed by atoms with Gasteiger partial charge in [0.15, 0.2) is 0 Å². The van der Waals surface area contributed by atoms with Gasteiger partial charge in [-0.05, 0) is 46.9 Å². The number of rotatable bonds is 5. The van der Waals surface area contributed by atoms with Gasteiger partial charge in [0, 0.05) is 15.4 Å². The van der Waals surface area contributed by atoms with E-state index in [0.717, 1.165) is 6.42 Å². The Balaban J connectivity index is 2.24. The molecule has 1 aromatic rings. The van der Waals surface area contributed by atoms with Gasteiger partial charge in [-0.3, -0.25) is 4.79 Å². The predicted octanol–water partition coefficient (Wildman–Crippen LogP) is 6.11. The Bertz CT molecular complexity index is 579. The van der Waals surface area contributed by atoms with Gasteiger partial charge in [-0.15, -0.1) is 23.5 Å². The van der Waals surface area contributed by atoms with Gasteiger partial charge in [0.1, 0.15) is 0 Å². The van der Waals surface area contributed by atoms with Crippen molar-refractivity contribution in [2.75, 3.05) is 5.75 Å². The van der Waals surface area contributed by atoms with E-state index in [1.165, 1.54) is 28.9 Å². The third kappa shape index (κ3) is 5.96. The minimum absolute atomic E-state index is 0.129. The van der Waals surface area contributed by atoms with E-state index in [4.69, 9.17) is 5.11 Å². The molecule has 0 heterocycles. The molecule has 0 aromatic heterocycles. The Hall–Kier alpha value is -0.610. The molecule has 0 radical (unpaired) electrons. The topological polar surface area (TPSA) is 37.3 Å². The SMILES string of the molecule is CC(C)(C)c1cc(S[C@@H]2CCC[C@H]2SCC(=O)O)cc(C(C)(C)C)c1. The third-order valence-corrected chi connectivity index (χ3v) is 7.69. The molecule has 1 aliphatic rings. The molecule has 0 aliphatic heterocycles. The van der Waals surface area contributed by atoms with Crippen molar-refractivity contribution in [3.8, 4) is 0 Å². The van der Waals surface area contributed by atoms with Crippen LogP contribution >= 0.6 is 23.5 Å². The maximum absolute atomic E-state index is 10.9. The van der Waals surface area contributed by atoms with Crippen LogP contribution < -0.4 is 0 Å². The molecular formula is C21H32O2S2. The Labute approximate surface area is 161 Å². The van der Waals surface area contributed by atoms with Crippen LogP contribution in [0.4, 0.5) is 0 Å². The van der Waals surface area contributed by atoms with E-state index in [2.05, 4.69) is 59.7 Å². The van der Waals surface area contributed by atoms with Crippen LogP contribution in [0.15, 0.2) is 23.1 Å². The van der Waals surface area contributed by atoms with E-state index < -0.39 is 5.97 Å². The molecule has 1 fully saturated rings. The van der Waals surface area contributed by atoms with E-state index >= 15 is 0 Å². The summed E-state index contributed by atoms with van der Waals surface area (Å²) in [5.74, 6) is -0.484. The number of thioether (sulfide) groups is 2. The van der Waals surface area contributed by atoms with Gasteiger partial charge < -0.3 is 5.11 Å². The predicted molar refractivity (Wildman–Crippen MR) is 111 cm³/mol. The first kappa shape index (κ1) is 20.7. The molecule has 4 heteroatoms. The Morgan fingerprint density at radius 1 is 1.00 bits per heavy atom. The van der Waals surface area contributed by atoms with Gasteiger partial charge in [0.2, 0.25) is 0 Å². The Morgan fingerprint density at radius 3 is 2.00 bits per heavy atom. The van der Waals surface area contributed by atoms with E-state index in [1.807, 2.05) is 11.8 Å². The number of hydrogen-bond acceptors (Lipinski definition) is 3. The van der Waals surface area contributed by atoms with Crippen molar-refractivity contribution in [3.63, 3.8) is 0 Å². The molecule has 140 valence electrons. The number of benzene rings is 1. The largest absolute Gasteiger partial charge is 0.481 e. The summed E-state index contributed by atoms with van der Waals surface area (Å²) in [6.45, 7) is 13.6. The standard InChI is InChI=1S/C21H32O2S2/c1-20(2,3)14-10-15(21(4,5)6)12-16(11-14)25-18-9-7-8-17(18)24-13-19(22)23/h10-12,17-18H,7-9,13H2,1-6H3,(H,22,23)/t17-,18-/m1/s1. The van der Waals surface area contributed by atoms with Gasteiger partial charge >= 0.3 is 5.97 Å². The lowest BCUT2D eigenvalue weighted by Gasteiger charge is -2.27. The molecule has 2 rings (SSSR count). The first-order chi connectivity index (χ1) is 11.5. The zero-order valence-electron chi connectivity index (χ0n) is 16.4. The molecule has 0 unspecified atom stereocenters. The minimum atomic E-state index is -0.703. The number of carboxylic acid groups (broad SMARTS) is 1. The first-order valence-electron chi connectivity index (χ1n) is 9.13. The summed E-state index contributed by atoms with van der Waals surface area (Å²) in [6, 6.07) is 7.05. The van der Waals surface area contributed by atoms with E-state index in [0.29, 0.717) is 10.5 Å². The van der Waals surface area contributed by atoms with Gasteiger partial charge in [-0.2, -0.15) is 0 Å². The Morgan fingerprint density at radius 2 is 1.52 bits per heavy atom. The van der Waals surface area contributed by atoms with Gasteiger partial charge in [-0.25, -0.2) is 0 Å². The van der Waals surface area contributed by atoms with Crippen molar-refractivity contribution >= 4 is 29.5 Å². The summed E-state index contributed by atoms with van der Waals surface area (Å²) < 4.78 is 0. The minimum Gasteiger partial charge on any atom is -0.481 e. The third-order valence-electron chi connectivity index (χ3n) is 4.74. The van der Waals surface area contributed by atoms with Crippen molar-refractivity contribution in [2.24, 2.45) is 0 Å². The normalized spacial score (nSPS) is 21.5. The van der Waals surface area contributed by atoms with Crippen LogP contribution in [0.2, 0.25) is 0 Å². The van der Waals surface area contributed by atoms with E-state index in [9.17, 15) is 4.79 Å². The molecule has 1 aromatic carbocycles. The van der Waals surface area contributed by atoms with Crippen molar-refractivity contribution in [2.45, 2.75) is 87.0 Å². The zero-order valence-corrected chi connectivity index (χ0v) is 18.0.